The summed E-state index contributed by atoms with van der Waals surface area (Å²) in [5.41, 5.74) is 1.88. The molecule has 0 aliphatic heterocycles. The highest BCUT2D eigenvalue weighted by atomic mass is 79.9. The number of rotatable bonds is 3. The third kappa shape index (κ3) is 3.07. The van der Waals surface area contributed by atoms with E-state index in [2.05, 4.69) is 31.4 Å². The molecule has 0 radical (unpaired) electrons. The third-order valence-electron chi connectivity index (χ3n) is 3.04. The number of carbonyl (C=O) groups is 1. The summed E-state index contributed by atoms with van der Waals surface area (Å²) in [6, 6.07) is 14.5. The molecule has 1 heterocycles. The summed E-state index contributed by atoms with van der Waals surface area (Å²) in [6.45, 7) is 1.75. The summed E-state index contributed by atoms with van der Waals surface area (Å²) in [5, 5.41) is 6.65. The first-order valence-corrected chi connectivity index (χ1v) is 7.39. The minimum absolute atomic E-state index is 0.198. The Balaban J connectivity index is 1.89. The molecule has 2 aromatic carbocycles. The number of nitrogens with one attached hydrogen (secondary N) is 1. The van der Waals surface area contributed by atoms with Gasteiger partial charge in [0.25, 0.3) is 11.8 Å². The highest BCUT2D eigenvalue weighted by Gasteiger charge is 2.14. The second kappa shape index (κ2) is 6.11. The summed E-state index contributed by atoms with van der Waals surface area (Å²) in [6.07, 6.45) is 0. The number of aryl methyl sites for hydroxylation is 1. The second-order valence-corrected chi connectivity index (χ2v) is 5.57. The van der Waals surface area contributed by atoms with Gasteiger partial charge in [-0.25, -0.2) is 0 Å². The first kappa shape index (κ1) is 14.5. The molecular weight excluding hydrogens is 346 g/mol. The van der Waals surface area contributed by atoms with E-state index in [1.807, 2.05) is 30.3 Å². The van der Waals surface area contributed by atoms with Gasteiger partial charge in [-0.2, -0.15) is 4.98 Å². The van der Waals surface area contributed by atoms with Crippen molar-refractivity contribution in [3.05, 3.63) is 64.4 Å². The summed E-state index contributed by atoms with van der Waals surface area (Å²) in [4.78, 5) is 16.5. The molecule has 1 aromatic heterocycles. The van der Waals surface area contributed by atoms with Crippen molar-refractivity contribution in [2.24, 2.45) is 0 Å². The van der Waals surface area contributed by atoms with Gasteiger partial charge in [0.05, 0.1) is 11.3 Å². The van der Waals surface area contributed by atoms with Crippen molar-refractivity contribution in [2.45, 2.75) is 6.92 Å². The lowest BCUT2D eigenvalue weighted by atomic mass is 10.1. The summed E-state index contributed by atoms with van der Waals surface area (Å²) >= 11 is 3.35. The summed E-state index contributed by atoms with van der Waals surface area (Å²) in [5.74, 6) is 0.726. The topological polar surface area (TPSA) is 68.0 Å². The van der Waals surface area contributed by atoms with E-state index in [0.29, 0.717) is 28.5 Å². The number of benzene rings is 2. The van der Waals surface area contributed by atoms with Crippen molar-refractivity contribution in [3.8, 4) is 11.5 Å². The number of hydrogen-bond donors (Lipinski definition) is 1. The molecule has 0 atom stereocenters. The average molecular weight is 358 g/mol. The smallest absolute Gasteiger partial charge is 0.260 e. The fourth-order valence-corrected chi connectivity index (χ4v) is 2.25. The number of halogens is 1. The number of para-hydroxylation sites is 1. The lowest BCUT2D eigenvalue weighted by Crippen LogP contribution is -2.12. The Labute approximate surface area is 135 Å². The Hall–Kier alpha value is -2.47. The number of anilines is 1. The zero-order valence-electron chi connectivity index (χ0n) is 11.7. The van der Waals surface area contributed by atoms with E-state index in [4.69, 9.17) is 4.52 Å². The van der Waals surface area contributed by atoms with Crippen molar-refractivity contribution in [1.29, 1.82) is 0 Å². The van der Waals surface area contributed by atoms with Crippen LogP contribution < -0.4 is 5.32 Å². The Kier molecular flexibility index (Phi) is 4.02. The molecule has 0 aliphatic carbocycles. The Morgan fingerprint density at radius 3 is 2.55 bits per heavy atom. The minimum Gasteiger partial charge on any atom is -0.334 e. The highest BCUT2D eigenvalue weighted by Crippen LogP contribution is 2.26. The van der Waals surface area contributed by atoms with Gasteiger partial charge in [0, 0.05) is 10.0 Å². The fourth-order valence-electron chi connectivity index (χ4n) is 1.98. The van der Waals surface area contributed by atoms with Crippen molar-refractivity contribution in [1.82, 2.24) is 10.1 Å². The van der Waals surface area contributed by atoms with Crippen LogP contribution in [0.2, 0.25) is 0 Å². The van der Waals surface area contributed by atoms with E-state index in [0.717, 1.165) is 4.47 Å². The Morgan fingerprint density at radius 2 is 1.86 bits per heavy atom. The van der Waals surface area contributed by atoms with Gasteiger partial charge in [0.15, 0.2) is 5.82 Å². The summed E-state index contributed by atoms with van der Waals surface area (Å²) in [7, 11) is 0. The van der Waals surface area contributed by atoms with Crippen molar-refractivity contribution in [2.75, 3.05) is 5.32 Å². The van der Waals surface area contributed by atoms with Crippen molar-refractivity contribution < 1.29 is 9.32 Å². The van der Waals surface area contributed by atoms with E-state index in [9.17, 15) is 4.79 Å². The fraction of sp³-hybridized carbons (Fsp3) is 0.0625. The molecule has 3 rings (SSSR count). The number of carbonyl (C=O) groups excluding carboxylic acids is 1. The number of amides is 1. The molecule has 110 valence electrons. The van der Waals surface area contributed by atoms with Gasteiger partial charge >= 0.3 is 0 Å². The van der Waals surface area contributed by atoms with E-state index < -0.39 is 0 Å². The molecule has 0 aliphatic rings. The van der Waals surface area contributed by atoms with Crippen LogP contribution in [-0.4, -0.2) is 16.0 Å². The van der Waals surface area contributed by atoms with Gasteiger partial charge in [-0.1, -0.05) is 33.2 Å². The highest BCUT2D eigenvalue weighted by molar-refractivity contribution is 9.10. The lowest BCUT2D eigenvalue weighted by molar-refractivity contribution is 0.102. The van der Waals surface area contributed by atoms with E-state index >= 15 is 0 Å². The van der Waals surface area contributed by atoms with Gasteiger partial charge < -0.3 is 9.84 Å². The lowest BCUT2D eigenvalue weighted by Gasteiger charge is -2.08. The molecule has 0 saturated heterocycles. The Morgan fingerprint density at radius 1 is 1.14 bits per heavy atom. The van der Waals surface area contributed by atoms with Gasteiger partial charge in [-0.15, -0.1) is 0 Å². The average Bonchev–Trinajstić information content (AvgIpc) is 2.95. The molecule has 1 amide bonds. The Bertz CT molecular complexity index is 812. The first-order chi connectivity index (χ1) is 10.6. The maximum absolute atomic E-state index is 12.3. The number of nitrogens with zero attached hydrogens (tertiary/aromatic N) is 2. The van der Waals surface area contributed by atoms with Crippen LogP contribution in [0.3, 0.4) is 0 Å². The van der Waals surface area contributed by atoms with E-state index in [1.54, 1.807) is 25.1 Å². The zero-order chi connectivity index (χ0) is 15.5. The van der Waals surface area contributed by atoms with Crippen LogP contribution in [0.15, 0.2) is 57.5 Å². The molecular formula is C16H12BrN3O2. The van der Waals surface area contributed by atoms with Crippen LogP contribution in [0.5, 0.6) is 0 Å². The molecule has 0 fully saturated rings. The van der Waals surface area contributed by atoms with Gasteiger partial charge in [0.2, 0.25) is 0 Å². The molecule has 1 N–H and O–H groups in total. The maximum atomic E-state index is 12.3. The van der Waals surface area contributed by atoms with E-state index in [1.165, 1.54) is 0 Å². The zero-order valence-corrected chi connectivity index (χ0v) is 13.3. The van der Waals surface area contributed by atoms with Crippen LogP contribution in [0.4, 0.5) is 5.69 Å². The second-order valence-electron chi connectivity index (χ2n) is 4.65. The standard InChI is InChI=1S/C16H12BrN3O2/c1-10-18-16(22-20-10)13-4-2-3-5-14(13)19-15(21)11-6-8-12(17)9-7-11/h2-9H,1H3,(H,19,21). The SMILES string of the molecule is Cc1noc(-c2ccccc2NC(=O)c2ccc(Br)cc2)n1. The molecule has 5 nitrogen and oxygen atoms in total. The predicted octanol–water partition coefficient (Wildman–Crippen LogP) is 4.06. The van der Waals surface area contributed by atoms with Gasteiger partial charge in [-0.3, -0.25) is 4.79 Å². The normalized spacial score (nSPS) is 10.5. The quantitative estimate of drug-likeness (QED) is 0.767. The van der Waals surface area contributed by atoms with Crippen LogP contribution >= 0.6 is 15.9 Å². The van der Waals surface area contributed by atoms with Crippen molar-refractivity contribution in [3.63, 3.8) is 0 Å². The first-order valence-electron chi connectivity index (χ1n) is 6.60. The number of hydrogen-bond acceptors (Lipinski definition) is 4. The van der Waals surface area contributed by atoms with Crippen LogP contribution in [0.1, 0.15) is 16.2 Å². The molecule has 0 spiro atoms. The van der Waals surface area contributed by atoms with Crippen LogP contribution in [0, 0.1) is 6.92 Å². The van der Waals surface area contributed by atoms with Crippen LogP contribution in [0.25, 0.3) is 11.5 Å². The largest absolute Gasteiger partial charge is 0.334 e. The van der Waals surface area contributed by atoms with E-state index in [-0.39, 0.29) is 5.91 Å². The van der Waals surface area contributed by atoms with Crippen LogP contribution in [-0.2, 0) is 0 Å². The molecule has 6 heteroatoms. The molecule has 22 heavy (non-hydrogen) atoms. The maximum Gasteiger partial charge on any atom is 0.260 e. The van der Waals surface area contributed by atoms with Gasteiger partial charge in [-0.05, 0) is 43.3 Å². The third-order valence-corrected chi connectivity index (χ3v) is 3.57. The monoisotopic (exact) mass is 357 g/mol. The van der Waals surface area contributed by atoms with Gasteiger partial charge in [0.1, 0.15) is 0 Å². The summed E-state index contributed by atoms with van der Waals surface area (Å²) < 4.78 is 6.10. The predicted molar refractivity (Wildman–Crippen MR) is 86.6 cm³/mol. The van der Waals surface area contributed by atoms with Crippen molar-refractivity contribution >= 4 is 27.5 Å². The number of aromatic nitrogens is 2. The molecule has 0 saturated carbocycles. The molecule has 0 unspecified atom stereocenters. The molecule has 3 aromatic rings. The minimum atomic E-state index is -0.198. The molecule has 0 bridgehead atoms.